The first-order valence-corrected chi connectivity index (χ1v) is 11.1. The molecule has 158 valence electrons. The highest BCUT2D eigenvalue weighted by molar-refractivity contribution is 7.99. The van der Waals surface area contributed by atoms with Crippen LogP contribution in [0.3, 0.4) is 0 Å². The van der Waals surface area contributed by atoms with Crippen LogP contribution in [-0.2, 0) is 20.9 Å². The van der Waals surface area contributed by atoms with Crippen molar-refractivity contribution in [1.82, 2.24) is 19.4 Å². The van der Waals surface area contributed by atoms with Gasteiger partial charge in [-0.2, -0.15) is 0 Å². The molecule has 3 rings (SSSR count). The quantitative estimate of drug-likeness (QED) is 0.647. The Bertz CT molecular complexity index is 851. The van der Waals surface area contributed by atoms with Crippen molar-refractivity contribution in [2.45, 2.75) is 51.5 Å². The highest BCUT2D eigenvalue weighted by atomic mass is 32.2. The molecule has 0 bridgehead atoms. The lowest BCUT2D eigenvalue weighted by Gasteiger charge is -2.31. The van der Waals surface area contributed by atoms with Crippen LogP contribution in [0.4, 0.5) is 0 Å². The number of thioether (sulfide) groups is 1. The molecule has 2 aromatic rings. The molecular formula is C21H30N4O3S. The molecule has 0 aliphatic carbocycles. The number of hydrogen-bond acceptors (Lipinski definition) is 5. The van der Waals surface area contributed by atoms with E-state index in [4.69, 9.17) is 9.72 Å². The Hall–Kier alpha value is -2.06. The number of fused-ring (bicyclic) bond motifs is 1. The summed E-state index contributed by atoms with van der Waals surface area (Å²) >= 11 is 1.39. The lowest BCUT2D eigenvalue weighted by atomic mass is 10.2. The summed E-state index contributed by atoms with van der Waals surface area (Å²) in [6.45, 7) is 10.8. The number of para-hydroxylation sites is 2. The topological polar surface area (TPSA) is 67.7 Å². The molecule has 8 heteroatoms. The first kappa shape index (κ1) is 21.6. The maximum Gasteiger partial charge on any atom is 0.243 e. The molecule has 7 nitrogen and oxygen atoms in total. The summed E-state index contributed by atoms with van der Waals surface area (Å²) in [6, 6.07) is 8.03. The van der Waals surface area contributed by atoms with E-state index in [1.165, 1.54) is 11.8 Å². The van der Waals surface area contributed by atoms with E-state index in [9.17, 15) is 9.59 Å². The number of rotatable bonds is 7. The van der Waals surface area contributed by atoms with E-state index < -0.39 is 0 Å². The van der Waals surface area contributed by atoms with Gasteiger partial charge in [0, 0.05) is 25.2 Å². The number of morpholine rings is 1. The van der Waals surface area contributed by atoms with Gasteiger partial charge in [0.05, 0.1) is 30.0 Å². The van der Waals surface area contributed by atoms with Crippen molar-refractivity contribution in [1.29, 1.82) is 0 Å². The highest BCUT2D eigenvalue weighted by Gasteiger charge is 2.24. The Labute approximate surface area is 176 Å². The number of carbonyl (C=O) groups excluding carboxylic acids is 2. The summed E-state index contributed by atoms with van der Waals surface area (Å²) in [4.78, 5) is 34.0. The van der Waals surface area contributed by atoms with Gasteiger partial charge in [0.15, 0.2) is 5.16 Å². The van der Waals surface area contributed by atoms with Crippen molar-refractivity contribution in [3.05, 3.63) is 24.3 Å². The molecule has 2 heterocycles. The average molecular weight is 419 g/mol. The fraction of sp³-hybridized carbons (Fsp3) is 0.571. The molecule has 1 aromatic carbocycles. The Morgan fingerprint density at radius 3 is 2.45 bits per heavy atom. The van der Waals surface area contributed by atoms with Crippen LogP contribution in [0.1, 0.15) is 27.7 Å². The molecule has 2 amide bonds. The number of amides is 2. The van der Waals surface area contributed by atoms with Gasteiger partial charge in [0.1, 0.15) is 6.54 Å². The Kier molecular flexibility index (Phi) is 7.18. The zero-order valence-electron chi connectivity index (χ0n) is 17.6. The standard InChI is InChI=1S/C21H30N4O3S/c1-15(2)25(16(3)4)19(26)13-24-18-8-6-5-7-17(18)22-21(24)29-14-20(27)23-9-11-28-12-10-23/h5-8,15-16H,9-14H2,1-4H3. The van der Waals surface area contributed by atoms with Crippen LogP contribution in [0.15, 0.2) is 29.4 Å². The number of aromatic nitrogens is 2. The van der Waals surface area contributed by atoms with Gasteiger partial charge in [-0.1, -0.05) is 23.9 Å². The number of ether oxygens (including phenoxy) is 1. The number of imidazole rings is 1. The van der Waals surface area contributed by atoms with Crippen molar-refractivity contribution in [3.8, 4) is 0 Å². The van der Waals surface area contributed by atoms with Gasteiger partial charge in [-0.15, -0.1) is 0 Å². The molecule has 0 atom stereocenters. The van der Waals surface area contributed by atoms with Crippen LogP contribution in [0, 0.1) is 0 Å². The Balaban J connectivity index is 1.80. The van der Waals surface area contributed by atoms with E-state index in [1.807, 2.05) is 66.3 Å². The smallest absolute Gasteiger partial charge is 0.243 e. The zero-order valence-corrected chi connectivity index (χ0v) is 18.4. The summed E-state index contributed by atoms with van der Waals surface area (Å²) < 4.78 is 7.25. The van der Waals surface area contributed by atoms with Gasteiger partial charge in [-0.25, -0.2) is 4.98 Å². The van der Waals surface area contributed by atoms with Gasteiger partial charge < -0.3 is 19.1 Å². The van der Waals surface area contributed by atoms with E-state index in [0.29, 0.717) is 37.2 Å². The third-order valence-electron chi connectivity index (χ3n) is 5.00. The molecule has 29 heavy (non-hydrogen) atoms. The van der Waals surface area contributed by atoms with Gasteiger partial charge in [0.2, 0.25) is 11.8 Å². The SMILES string of the molecule is CC(C)N(C(=O)Cn1c(SCC(=O)N2CCOCC2)nc2ccccc21)C(C)C. The van der Waals surface area contributed by atoms with Crippen molar-refractivity contribution >= 4 is 34.6 Å². The summed E-state index contributed by atoms with van der Waals surface area (Å²) in [5.74, 6) is 0.434. The van der Waals surface area contributed by atoms with Gasteiger partial charge >= 0.3 is 0 Å². The largest absolute Gasteiger partial charge is 0.378 e. The minimum absolute atomic E-state index is 0.0551. The second kappa shape index (κ2) is 9.63. The predicted molar refractivity (Wildman–Crippen MR) is 115 cm³/mol. The van der Waals surface area contributed by atoms with Crippen molar-refractivity contribution in [2.75, 3.05) is 32.1 Å². The number of carbonyl (C=O) groups is 2. The summed E-state index contributed by atoms with van der Waals surface area (Å²) in [5, 5.41) is 0.702. The second-order valence-corrected chi connectivity index (χ2v) is 8.68. The summed E-state index contributed by atoms with van der Waals surface area (Å²) in [6.07, 6.45) is 0. The number of benzene rings is 1. The van der Waals surface area contributed by atoms with Crippen LogP contribution in [0.25, 0.3) is 11.0 Å². The first-order chi connectivity index (χ1) is 13.9. The second-order valence-electron chi connectivity index (χ2n) is 7.74. The molecule has 0 spiro atoms. The number of nitrogens with zero attached hydrogens (tertiary/aromatic N) is 4. The lowest BCUT2D eigenvalue weighted by molar-refractivity contribution is -0.135. The predicted octanol–water partition coefficient (Wildman–Crippen LogP) is 2.63. The van der Waals surface area contributed by atoms with Crippen molar-refractivity contribution in [2.24, 2.45) is 0 Å². The van der Waals surface area contributed by atoms with Crippen LogP contribution < -0.4 is 0 Å². The summed E-state index contributed by atoms with van der Waals surface area (Å²) in [5.41, 5.74) is 1.75. The zero-order chi connectivity index (χ0) is 21.0. The molecule has 1 saturated heterocycles. The number of hydrogen-bond donors (Lipinski definition) is 0. The maximum absolute atomic E-state index is 13.1. The molecule has 1 aliphatic heterocycles. The molecule has 0 saturated carbocycles. The van der Waals surface area contributed by atoms with E-state index >= 15 is 0 Å². The monoisotopic (exact) mass is 418 g/mol. The Morgan fingerprint density at radius 2 is 1.79 bits per heavy atom. The fourth-order valence-electron chi connectivity index (χ4n) is 3.74. The molecule has 0 radical (unpaired) electrons. The lowest BCUT2D eigenvalue weighted by Crippen LogP contribution is -2.43. The van der Waals surface area contributed by atoms with Gasteiger partial charge in [-0.3, -0.25) is 9.59 Å². The molecule has 1 aromatic heterocycles. The molecule has 0 N–H and O–H groups in total. The first-order valence-electron chi connectivity index (χ1n) is 10.1. The minimum atomic E-state index is 0.0551. The van der Waals surface area contributed by atoms with Crippen molar-refractivity contribution < 1.29 is 14.3 Å². The summed E-state index contributed by atoms with van der Waals surface area (Å²) in [7, 11) is 0. The third kappa shape index (κ3) is 5.11. The van der Waals surface area contributed by atoms with E-state index in [0.717, 1.165) is 11.0 Å². The van der Waals surface area contributed by atoms with Gasteiger partial charge in [0.25, 0.3) is 0 Å². The van der Waals surface area contributed by atoms with Crippen molar-refractivity contribution in [3.63, 3.8) is 0 Å². The van der Waals surface area contributed by atoms with E-state index in [1.54, 1.807) is 0 Å². The molecule has 1 aliphatic rings. The average Bonchev–Trinajstić information content (AvgIpc) is 3.03. The van der Waals surface area contributed by atoms with Crippen LogP contribution in [-0.4, -0.2) is 75.3 Å². The van der Waals surface area contributed by atoms with Crippen LogP contribution in [0.2, 0.25) is 0 Å². The van der Waals surface area contributed by atoms with E-state index in [2.05, 4.69) is 0 Å². The van der Waals surface area contributed by atoms with E-state index in [-0.39, 0.29) is 30.4 Å². The highest BCUT2D eigenvalue weighted by Crippen LogP contribution is 2.25. The normalized spacial score (nSPS) is 14.8. The molecular weight excluding hydrogens is 388 g/mol. The maximum atomic E-state index is 13.1. The molecule has 0 unspecified atom stereocenters. The Morgan fingerprint density at radius 1 is 1.14 bits per heavy atom. The third-order valence-corrected chi connectivity index (χ3v) is 5.96. The fourth-order valence-corrected chi connectivity index (χ4v) is 4.65. The van der Waals surface area contributed by atoms with Crippen LogP contribution >= 0.6 is 11.8 Å². The van der Waals surface area contributed by atoms with Crippen LogP contribution in [0.5, 0.6) is 0 Å². The molecule has 1 fully saturated rings. The minimum Gasteiger partial charge on any atom is -0.378 e. The van der Waals surface area contributed by atoms with Gasteiger partial charge in [-0.05, 0) is 39.8 Å².